The number of ether oxygens (including phenoxy) is 2. The summed E-state index contributed by atoms with van der Waals surface area (Å²) in [4.78, 5) is 17.1. The number of hydrogen-bond donors (Lipinski definition) is 1. The standard InChI is InChI=1S/C28H26F3NO4/c1-13-20(26(27(33)34)36-28(2,3)4)22(17-11-15(29)12-18(30)23(17)24(13)31)16-5-6-19-21-14(8-10-35-19)7-9-32-25(16)21/h5-6,9,11-12,14,26H,7-8,10H2,1-4H3,(H,33,34)/t14?,26-/m0/s1. The molecule has 36 heavy (non-hydrogen) atoms. The number of halogens is 3. The summed E-state index contributed by atoms with van der Waals surface area (Å²) in [6, 6.07) is 5.09. The molecule has 8 heteroatoms. The van der Waals surface area contributed by atoms with Gasteiger partial charge >= 0.3 is 5.97 Å². The Hall–Kier alpha value is -3.39. The van der Waals surface area contributed by atoms with E-state index in [-0.39, 0.29) is 28.0 Å². The number of carboxylic acids is 1. The van der Waals surface area contributed by atoms with Crippen LogP contribution >= 0.6 is 0 Å². The first-order chi connectivity index (χ1) is 17.0. The van der Waals surface area contributed by atoms with E-state index in [4.69, 9.17) is 9.47 Å². The zero-order chi connectivity index (χ0) is 25.9. The number of aliphatic imine (C=N–C) groups is 1. The molecule has 0 aromatic heterocycles. The lowest BCUT2D eigenvalue weighted by molar-refractivity contribution is -0.160. The summed E-state index contributed by atoms with van der Waals surface area (Å²) >= 11 is 0. The van der Waals surface area contributed by atoms with E-state index in [1.807, 2.05) is 0 Å². The van der Waals surface area contributed by atoms with Gasteiger partial charge in [-0.2, -0.15) is 0 Å². The second kappa shape index (κ2) is 8.62. The summed E-state index contributed by atoms with van der Waals surface area (Å²) in [6.07, 6.45) is 1.68. The van der Waals surface area contributed by atoms with Crippen molar-refractivity contribution in [3.8, 4) is 16.9 Å². The molecule has 2 aliphatic heterocycles. The molecule has 188 valence electrons. The first-order valence-electron chi connectivity index (χ1n) is 11.8. The van der Waals surface area contributed by atoms with Gasteiger partial charge in [0.25, 0.3) is 0 Å². The van der Waals surface area contributed by atoms with Crippen LogP contribution in [0.3, 0.4) is 0 Å². The minimum atomic E-state index is -1.60. The molecule has 0 saturated heterocycles. The molecule has 0 saturated carbocycles. The lowest BCUT2D eigenvalue weighted by Crippen LogP contribution is -2.28. The number of rotatable bonds is 4. The molecule has 2 atom stereocenters. The molecular weight excluding hydrogens is 471 g/mol. The lowest BCUT2D eigenvalue weighted by atomic mass is 9.81. The van der Waals surface area contributed by atoms with Crippen molar-refractivity contribution in [3.63, 3.8) is 0 Å². The molecule has 0 fully saturated rings. The van der Waals surface area contributed by atoms with Gasteiger partial charge in [-0.25, -0.2) is 18.0 Å². The van der Waals surface area contributed by atoms with Crippen LogP contribution in [0.4, 0.5) is 18.9 Å². The second-order valence-electron chi connectivity index (χ2n) is 10.2. The summed E-state index contributed by atoms with van der Waals surface area (Å²) in [5.74, 6) is -3.46. The molecule has 0 amide bonds. The van der Waals surface area contributed by atoms with Gasteiger partial charge in [-0.05, 0) is 81.2 Å². The average molecular weight is 498 g/mol. The molecule has 2 aliphatic rings. The van der Waals surface area contributed by atoms with Crippen molar-refractivity contribution < 1.29 is 32.5 Å². The first kappa shape index (κ1) is 24.3. The van der Waals surface area contributed by atoms with Gasteiger partial charge < -0.3 is 14.6 Å². The Morgan fingerprint density at radius 2 is 1.97 bits per heavy atom. The van der Waals surface area contributed by atoms with Gasteiger partial charge in [-0.15, -0.1) is 0 Å². The highest BCUT2D eigenvalue weighted by Crippen LogP contribution is 2.52. The Labute approximate surface area is 206 Å². The molecule has 5 nitrogen and oxygen atoms in total. The predicted molar refractivity (Wildman–Crippen MR) is 131 cm³/mol. The summed E-state index contributed by atoms with van der Waals surface area (Å²) < 4.78 is 57.0. The Morgan fingerprint density at radius 3 is 2.67 bits per heavy atom. The number of fused-ring (bicyclic) bond motifs is 1. The number of carbonyl (C=O) groups is 1. The van der Waals surface area contributed by atoms with Gasteiger partial charge in [0.1, 0.15) is 23.2 Å². The summed E-state index contributed by atoms with van der Waals surface area (Å²) in [5, 5.41) is 9.69. The van der Waals surface area contributed by atoms with Gasteiger partial charge in [0.2, 0.25) is 0 Å². The number of benzene rings is 3. The average Bonchev–Trinajstić information content (AvgIpc) is 2.80. The number of aliphatic carboxylic acids is 1. The monoisotopic (exact) mass is 497 g/mol. The summed E-state index contributed by atoms with van der Waals surface area (Å²) in [7, 11) is 0. The predicted octanol–water partition coefficient (Wildman–Crippen LogP) is 7.15. The Morgan fingerprint density at radius 1 is 1.22 bits per heavy atom. The maximum Gasteiger partial charge on any atom is 0.337 e. The quantitative estimate of drug-likeness (QED) is 0.416. The van der Waals surface area contributed by atoms with Gasteiger partial charge in [0.05, 0.1) is 23.3 Å². The fourth-order valence-electron chi connectivity index (χ4n) is 5.25. The van der Waals surface area contributed by atoms with Crippen molar-refractivity contribution in [2.75, 3.05) is 6.61 Å². The zero-order valence-electron chi connectivity index (χ0n) is 20.4. The molecular formula is C28H26F3NO4. The molecule has 0 spiro atoms. The van der Waals surface area contributed by atoms with Gasteiger partial charge in [-0.1, -0.05) is 0 Å². The van der Waals surface area contributed by atoms with E-state index >= 15 is 4.39 Å². The molecule has 1 N–H and O–H groups in total. The fourth-order valence-corrected chi connectivity index (χ4v) is 5.25. The van der Waals surface area contributed by atoms with Crippen LogP contribution in [0, 0.1) is 24.4 Å². The van der Waals surface area contributed by atoms with Crippen LogP contribution in [-0.4, -0.2) is 29.5 Å². The lowest BCUT2D eigenvalue weighted by Gasteiger charge is -2.32. The van der Waals surface area contributed by atoms with Crippen LogP contribution in [-0.2, 0) is 9.53 Å². The fraction of sp³-hybridized carbons (Fsp3) is 0.357. The maximum absolute atomic E-state index is 15.7. The van der Waals surface area contributed by atoms with Crippen LogP contribution in [0.5, 0.6) is 5.75 Å². The van der Waals surface area contributed by atoms with Gasteiger partial charge in [0, 0.05) is 29.0 Å². The van der Waals surface area contributed by atoms with Crippen molar-refractivity contribution >= 4 is 28.6 Å². The van der Waals surface area contributed by atoms with E-state index in [9.17, 15) is 18.7 Å². The second-order valence-corrected chi connectivity index (χ2v) is 10.2. The highest BCUT2D eigenvalue weighted by atomic mass is 19.1. The topological polar surface area (TPSA) is 68.1 Å². The number of nitrogens with zero attached hydrogens (tertiary/aromatic N) is 1. The minimum absolute atomic E-state index is 0.00215. The van der Waals surface area contributed by atoms with E-state index in [0.29, 0.717) is 29.7 Å². The maximum atomic E-state index is 15.7. The van der Waals surface area contributed by atoms with E-state index in [1.165, 1.54) is 6.92 Å². The molecule has 5 rings (SSSR count). The van der Waals surface area contributed by atoms with Crippen molar-refractivity contribution in [3.05, 3.63) is 58.4 Å². The third-order valence-corrected chi connectivity index (χ3v) is 6.69. The summed E-state index contributed by atoms with van der Waals surface area (Å²) in [6.45, 7) is 7.00. The van der Waals surface area contributed by atoms with Gasteiger partial charge in [0.15, 0.2) is 6.10 Å². The molecule has 3 aromatic rings. The summed E-state index contributed by atoms with van der Waals surface area (Å²) in [5.41, 5.74) is 1.02. The third kappa shape index (κ3) is 3.93. The minimum Gasteiger partial charge on any atom is -0.493 e. The van der Waals surface area contributed by atoms with Crippen LogP contribution in [0.25, 0.3) is 21.9 Å². The normalized spacial score (nSPS) is 17.6. The van der Waals surface area contributed by atoms with Crippen LogP contribution in [0.15, 0.2) is 29.3 Å². The van der Waals surface area contributed by atoms with Crippen LogP contribution < -0.4 is 4.74 Å². The molecule has 2 heterocycles. The molecule has 0 radical (unpaired) electrons. The van der Waals surface area contributed by atoms with Crippen LogP contribution in [0.2, 0.25) is 0 Å². The SMILES string of the molecule is Cc1c([C@H](OC(C)(C)C)C(=O)O)c(-c2ccc3c4c2N=CCC4CCO3)c2cc(F)cc(F)c2c1F. The van der Waals surface area contributed by atoms with E-state index < -0.39 is 40.5 Å². The third-order valence-electron chi connectivity index (χ3n) is 6.69. The van der Waals surface area contributed by atoms with Crippen LogP contribution in [0.1, 0.15) is 62.3 Å². The van der Waals surface area contributed by atoms with Crippen molar-refractivity contribution in [2.45, 2.75) is 58.2 Å². The smallest absolute Gasteiger partial charge is 0.337 e. The molecule has 0 aliphatic carbocycles. The van der Waals surface area contributed by atoms with Crippen molar-refractivity contribution in [1.82, 2.24) is 0 Å². The molecule has 3 aromatic carbocycles. The molecule has 0 bridgehead atoms. The Kier molecular flexibility index (Phi) is 5.82. The number of hydrogen-bond acceptors (Lipinski definition) is 4. The Bertz CT molecular complexity index is 1440. The largest absolute Gasteiger partial charge is 0.493 e. The zero-order valence-corrected chi connectivity index (χ0v) is 20.4. The van der Waals surface area contributed by atoms with E-state index in [2.05, 4.69) is 4.99 Å². The highest BCUT2D eigenvalue weighted by Gasteiger charge is 2.36. The van der Waals surface area contributed by atoms with E-state index in [1.54, 1.807) is 39.1 Å². The molecule has 1 unspecified atom stereocenters. The van der Waals surface area contributed by atoms with Crippen molar-refractivity contribution in [1.29, 1.82) is 0 Å². The first-order valence-corrected chi connectivity index (χ1v) is 11.8. The van der Waals surface area contributed by atoms with Gasteiger partial charge in [-0.3, -0.25) is 4.99 Å². The van der Waals surface area contributed by atoms with E-state index in [0.717, 1.165) is 24.5 Å². The Balaban J connectivity index is 1.95. The number of carboxylic acid groups (broad SMARTS) is 1. The van der Waals surface area contributed by atoms with Crippen molar-refractivity contribution in [2.24, 2.45) is 4.99 Å². The highest BCUT2D eigenvalue weighted by molar-refractivity contribution is 6.05.